The van der Waals surface area contributed by atoms with Crippen LogP contribution >= 0.6 is 23.2 Å². The van der Waals surface area contributed by atoms with E-state index in [2.05, 4.69) is 26.2 Å². The lowest BCUT2D eigenvalue weighted by atomic mass is 9.88. The number of rotatable bonds is 4. The van der Waals surface area contributed by atoms with Gasteiger partial charge in [0.05, 0.1) is 15.4 Å². The summed E-state index contributed by atoms with van der Waals surface area (Å²) in [4.78, 5) is 22.3. The number of nitrogens with zero attached hydrogens (tertiary/aromatic N) is 5. The van der Waals surface area contributed by atoms with Crippen LogP contribution in [-0.4, -0.2) is 44.9 Å². The molecule has 3 N–H and O–H groups in total. The maximum atomic E-state index is 11.3. The molecular formula is C20H19Cl2N7O2. The summed E-state index contributed by atoms with van der Waals surface area (Å²) in [6.07, 6.45) is 1.06. The minimum absolute atomic E-state index is 0.181. The van der Waals surface area contributed by atoms with Crippen molar-refractivity contribution in [2.45, 2.75) is 31.8 Å². The largest absolute Gasteiger partial charge is 0.443 e. The van der Waals surface area contributed by atoms with Crippen LogP contribution in [-0.2, 0) is 4.74 Å². The van der Waals surface area contributed by atoms with E-state index in [1.807, 2.05) is 11.8 Å². The maximum Gasteiger partial charge on any atom is 0.405 e. The van der Waals surface area contributed by atoms with Gasteiger partial charge in [0.1, 0.15) is 17.4 Å². The Morgan fingerprint density at radius 2 is 2.10 bits per heavy atom. The molecule has 0 bridgehead atoms. The smallest absolute Gasteiger partial charge is 0.405 e. The minimum Gasteiger partial charge on any atom is -0.443 e. The number of nitrogens with two attached hydrogens (primary N) is 1. The van der Waals surface area contributed by atoms with E-state index < -0.39 is 11.7 Å². The third-order valence-electron chi connectivity index (χ3n) is 5.64. The minimum atomic E-state index is -0.774. The number of carbonyl (C=O) groups is 1. The standard InChI is InChI=1S/C20H19Cl2N7O2/c1-2-20(31-18(24)30)6-8-29(9-7-20)19-25-13(10-23)14-16(27-28-17(14)26-19)11-4-3-5-12(21)15(11)22/h3-5H,2,6-9H2,1H3,(H2,24,30)(H,25,26,27,28). The molecule has 0 aliphatic carbocycles. The number of benzene rings is 1. The second kappa shape index (κ2) is 8.21. The van der Waals surface area contributed by atoms with Gasteiger partial charge in [-0.3, -0.25) is 5.10 Å². The Morgan fingerprint density at radius 3 is 2.74 bits per heavy atom. The van der Waals surface area contributed by atoms with Gasteiger partial charge in [0, 0.05) is 31.5 Å². The van der Waals surface area contributed by atoms with Gasteiger partial charge in [-0.2, -0.15) is 15.3 Å². The van der Waals surface area contributed by atoms with E-state index >= 15 is 0 Å². The first-order valence-corrected chi connectivity index (χ1v) is 10.5. The molecule has 9 nitrogen and oxygen atoms in total. The Balaban J connectivity index is 1.69. The number of anilines is 1. The van der Waals surface area contributed by atoms with Crippen molar-refractivity contribution in [1.82, 2.24) is 20.2 Å². The molecule has 1 aliphatic heterocycles. The molecule has 0 spiro atoms. The van der Waals surface area contributed by atoms with Crippen LogP contribution in [0.5, 0.6) is 0 Å². The SMILES string of the molecule is CCC1(OC(N)=O)CCN(c2nc(C#N)c3c(-c4cccc(Cl)c4Cl)n[nH]c3n2)CC1. The molecule has 1 amide bonds. The maximum absolute atomic E-state index is 11.3. The Morgan fingerprint density at radius 1 is 1.35 bits per heavy atom. The molecule has 1 aromatic carbocycles. The average Bonchev–Trinajstić information content (AvgIpc) is 3.19. The molecule has 0 unspecified atom stereocenters. The molecule has 3 heterocycles. The third-order valence-corrected chi connectivity index (χ3v) is 6.46. The van der Waals surface area contributed by atoms with Crippen LogP contribution in [0.25, 0.3) is 22.3 Å². The van der Waals surface area contributed by atoms with Crippen molar-refractivity contribution in [2.24, 2.45) is 5.73 Å². The molecule has 1 aliphatic rings. The summed E-state index contributed by atoms with van der Waals surface area (Å²) in [5.74, 6) is 0.403. The van der Waals surface area contributed by atoms with E-state index in [0.29, 0.717) is 70.6 Å². The van der Waals surface area contributed by atoms with E-state index in [1.54, 1.807) is 18.2 Å². The van der Waals surface area contributed by atoms with E-state index in [1.165, 1.54) is 0 Å². The highest BCUT2D eigenvalue weighted by atomic mass is 35.5. The number of aromatic amines is 1. The van der Waals surface area contributed by atoms with Crippen molar-refractivity contribution in [2.75, 3.05) is 18.0 Å². The summed E-state index contributed by atoms with van der Waals surface area (Å²) in [5.41, 5.74) is 6.30. The molecule has 0 saturated carbocycles. The molecule has 4 rings (SSSR count). The number of piperidine rings is 1. The topological polar surface area (TPSA) is 134 Å². The number of halogens is 2. The van der Waals surface area contributed by atoms with Crippen LogP contribution in [0.4, 0.5) is 10.7 Å². The van der Waals surface area contributed by atoms with E-state index in [9.17, 15) is 10.1 Å². The highest BCUT2D eigenvalue weighted by Gasteiger charge is 2.37. The molecular weight excluding hydrogens is 441 g/mol. The van der Waals surface area contributed by atoms with Crippen LogP contribution in [0.1, 0.15) is 31.9 Å². The van der Waals surface area contributed by atoms with Crippen LogP contribution in [0.15, 0.2) is 18.2 Å². The van der Waals surface area contributed by atoms with Crippen molar-refractivity contribution < 1.29 is 9.53 Å². The van der Waals surface area contributed by atoms with Gasteiger partial charge in [-0.05, 0) is 12.5 Å². The Hall–Kier alpha value is -3.09. The molecule has 1 fully saturated rings. The Labute approximate surface area is 188 Å². The highest BCUT2D eigenvalue weighted by molar-refractivity contribution is 6.43. The van der Waals surface area contributed by atoms with Crippen molar-refractivity contribution in [1.29, 1.82) is 5.26 Å². The fourth-order valence-electron chi connectivity index (χ4n) is 3.88. The fourth-order valence-corrected chi connectivity index (χ4v) is 4.27. The number of ether oxygens (including phenoxy) is 1. The molecule has 31 heavy (non-hydrogen) atoms. The fraction of sp³-hybridized carbons (Fsp3) is 0.350. The highest BCUT2D eigenvalue weighted by Crippen LogP contribution is 2.37. The number of nitrogens with one attached hydrogen (secondary N) is 1. The zero-order chi connectivity index (χ0) is 22.2. The number of H-pyrrole nitrogens is 1. The second-order valence-corrected chi connectivity index (χ2v) is 8.11. The molecule has 1 saturated heterocycles. The zero-order valence-electron chi connectivity index (χ0n) is 16.7. The van der Waals surface area contributed by atoms with Gasteiger partial charge in [-0.15, -0.1) is 0 Å². The summed E-state index contributed by atoms with van der Waals surface area (Å²) in [6.45, 7) is 3.07. The number of primary amides is 1. The molecule has 11 heteroatoms. The first-order valence-electron chi connectivity index (χ1n) is 9.71. The lowest BCUT2D eigenvalue weighted by Gasteiger charge is -2.40. The van der Waals surface area contributed by atoms with Gasteiger partial charge in [-0.1, -0.05) is 42.3 Å². The van der Waals surface area contributed by atoms with E-state index in [0.717, 1.165) is 0 Å². The van der Waals surface area contributed by atoms with Crippen LogP contribution < -0.4 is 10.6 Å². The van der Waals surface area contributed by atoms with Gasteiger partial charge >= 0.3 is 6.09 Å². The number of fused-ring (bicyclic) bond motifs is 1. The van der Waals surface area contributed by atoms with Gasteiger partial charge in [0.2, 0.25) is 5.95 Å². The number of aromatic nitrogens is 4. The Bertz CT molecular complexity index is 1200. The molecule has 2 aromatic heterocycles. The van der Waals surface area contributed by atoms with Crippen molar-refractivity contribution >= 4 is 46.3 Å². The summed E-state index contributed by atoms with van der Waals surface area (Å²) in [7, 11) is 0. The monoisotopic (exact) mass is 459 g/mol. The van der Waals surface area contributed by atoms with Gasteiger partial charge in [-0.25, -0.2) is 9.78 Å². The summed E-state index contributed by atoms with van der Waals surface area (Å²) < 4.78 is 5.38. The van der Waals surface area contributed by atoms with Crippen LogP contribution in [0.3, 0.4) is 0 Å². The van der Waals surface area contributed by atoms with Crippen molar-refractivity contribution in [3.05, 3.63) is 33.9 Å². The number of carbonyl (C=O) groups excluding carboxylic acids is 1. The van der Waals surface area contributed by atoms with Gasteiger partial charge < -0.3 is 15.4 Å². The van der Waals surface area contributed by atoms with Crippen LogP contribution in [0.2, 0.25) is 10.0 Å². The molecule has 0 radical (unpaired) electrons. The number of nitriles is 1. The first kappa shape index (κ1) is 21.2. The summed E-state index contributed by atoms with van der Waals surface area (Å²) in [6, 6.07) is 7.34. The number of hydrogen-bond acceptors (Lipinski definition) is 7. The normalized spacial score (nSPS) is 15.6. The summed E-state index contributed by atoms with van der Waals surface area (Å²) in [5, 5.41) is 18.2. The zero-order valence-corrected chi connectivity index (χ0v) is 18.2. The van der Waals surface area contributed by atoms with Gasteiger partial charge in [0.15, 0.2) is 11.3 Å². The van der Waals surface area contributed by atoms with Crippen molar-refractivity contribution in [3.63, 3.8) is 0 Å². The number of hydrogen-bond donors (Lipinski definition) is 2. The molecule has 0 atom stereocenters. The van der Waals surface area contributed by atoms with E-state index in [4.69, 9.17) is 33.7 Å². The average molecular weight is 460 g/mol. The Kier molecular flexibility index (Phi) is 5.60. The quantitative estimate of drug-likeness (QED) is 0.600. The van der Waals surface area contributed by atoms with E-state index in [-0.39, 0.29) is 5.69 Å². The first-order chi connectivity index (χ1) is 14.9. The molecule has 3 aromatic rings. The predicted molar refractivity (Wildman–Crippen MR) is 117 cm³/mol. The van der Waals surface area contributed by atoms with Gasteiger partial charge in [0.25, 0.3) is 0 Å². The lowest BCUT2D eigenvalue weighted by molar-refractivity contribution is -0.00546. The summed E-state index contributed by atoms with van der Waals surface area (Å²) >= 11 is 12.5. The molecule has 160 valence electrons. The van der Waals surface area contributed by atoms with Crippen molar-refractivity contribution in [3.8, 4) is 17.3 Å². The predicted octanol–water partition coefficient (Wildman–Crippen LogP) is 4.04. The van der Waals surface area contributed by atoms with Crippen LogP contribution in [0, 0.1) is 11.3 Å². The number of amides is 1. The lowest BCUT2D eigenvalue weighted by Crippen LogP contribution is -2.48. The third kappa shape index (κ3) is 3.84. The second-order valence-electron chi connectivity index (χ2n) is 7.33.